The van der Waals surface area contributed by atoms with Crippen LogP contribution in [0.4, 0.5) is 0 Å². The molecular weight excluding hydrogens is 186 g/mol. The van der Waals surface area contributed by atoms with Gasteiger partial charge in [0.15, 0.2) is 0 Å². The van der Waals surface area contributed by atoms with Gasteiger partial charge in [0.1, 0.15) is 0 Å². The Balaban J connectivity index is 3.13. The van der Waals surface area contributed by atoms with Gasteiger partial charge in [0.25, 0.3) is 0 Å². The Hall–Kier alpha value is -1.41. The molecule has 0 unspecified atom stereocenters. The van der Waals surface area contributed by atoms with Gasteiger partial charge in [-0.3, -0.25) is 4.99 Å². The van der Waals surface area contributed by atoms with Gasteiger partial charge in [0.05, 0.1) is 6.61 Å². The van der Waals surface area contributed by atoms with Crippen molar-refractivity contribution in [3.63, 3.8) is 0 Å². The van der Waals surface area contributed by atoms with Gasteiger partial charge in [-0.1, -0.05) is 29.8 Å². The maximum atomic E-state index is 9.24. The minimum Gasteiger partial charge on any atom is -0.392 e. The van der Waals surface area contributed by atoms with Gasteiger partial charge >= 0.3 is 0 Å². The second-order valence-corrected chi connectivity index (χ2v) is 3.52. The van der Waals surface area contributed by atoms with E-state index in [0.29, 0.717) is 0 Å². The van der Waals surface area contributed by atoms with Crippen LogP contribution in [0.3, 0.4) is 0 Å². The monoisotopic (exact) mass is 203 g/mol. The summed E-state index contributed by atoms with van der Waals surface area (Å²) in [5, 5.41) is 9.24. The first-order chi connectivity index (χ1) is 7.19. The van der Waals surface area contributed by atoms with Crippen LogP contribution in [0.1, 0.15) is 30.5 Å². The van der Waals surface area contributed by atoms with Crippen LogP contribution >= 0.6 is 0 Å². The molecule has 15 heavy (non-hydrogen) atoms. The van der Waals surface area contributed by atoms with Gasteiger partial charge < -0.3 is 5.11 Å². The van der Waals surface area contributed by atoms with E-state index in [1.807, 2.05) is 45.0 Å². The normalized spacial score (nSPS) is 12.4. The highest BCUT2D eigenvalue weighted by atomic mass is 16.3. The topological polar surface area (TPSA) is 32.6 Å². The van der Waals surface area contributed by atoms with Gasteiger partial charge in [0, 0.05) is 17.5 Å². The van der Waals surface area contributed by atoms with E-state index in [-0.39, 0.29) is 6.61 Å². The van der Waals surface area contributed by atoms with Crippen molar-refractivity contribution in [1.82, 2.24) is 0 Å². The number of aliphatic imine (C=N–C) groups is 1. The van der Waals surface area contributed by atoms with E-state index in [9.17, 15) is 5.11 Å². The van der Waals surface area contributed by atoms with Crippen molar-refractivity contribution in [3.05, 3.63) is 47.2 Å². The van der Waals surface area contributed by atoms with Gasteiger partial charge in [-0.25, -0.2) is 0 Å². The number of aliphatic hydroxyl groups excluding tert-OH is 1. The molecule has 0 radical (unpaired) electrons. The highest BCUT2D eigenvalue weighted by Crippen LogP contribution is 2.13. The Morgan fingerprint density at radius 2 is 2.20 bits per heavy atom. The van der Waals surface area contributed by atoms with Crippen LogP contribution in [0, 0.1) is 6.92 Å². The molecule has 1 rings (SSSR count). The van der Waals surface area contributed by atoms with Crippen molar-refractivity contribution in [2.75, 3.05) is 0 Å². The predicted molar refractivity (Wildman–Crippen MR) is 64.1 cm³/mol. The zero-order chi connectivity index (χ0) is 11.3. The number of hydrogen-bond donors (Lipinski definition) is 1. The fourth-order valence-electron chi connectivity index (χ4n) is 1.46. The molecule has 0 aliphatic rings. The summed E-state index contributed by atoms with van der Waals surface area (Å²) in [4.78, 5) is 4.28. The lowest BCUT2D eigenvalue weighted by Crippen LogP contribution is -2.01. The van der Waals surface area contributed by atoms with E-state index in [2.05, 4.69) is 4.99 Å². The van der Waals surface area contributed by atoms with Crippen molar-refractivity contribution in [2.45, 2.75) is 27.4 Å². The number of allylic oxidation sites excluding steroid dienone is 1. The summed E-state index contributed by atoms with van der Waals surface area (Å²) in [7, 11) is 0. The van der Waals surface area contributed by atoms with Gasteiger partial charge in [0.2, 0.25) is 0 Å². The van der Waals surface area contributed by atoms with Crippen LogP contribution in [0.25, 0.3) is 0 Å². The lowest BCUT2D eigenvalue weighted by atomic mass is 10.0. The largest absolute Gasteiger partial charge is 0.392 e. The minimum absolute atomic E-state index is 0.0553. The van der Waals surface area contributed by atoms with E-state index in [0.717, 1.165) is 22.4 Å². The third kappa shape index (κ3) is 3.03. The number of hydrogen-bond acceptors (Lipinski definition) is 2. The molecule has 0 aliphatic carbocycles. The molecule has 0 heterocycles. The molecular formula is C13H17NO. The van der Waals surface area contributed by atoms with E-state index < -0.39 is 0 Å². The number of aliphatic hydroxyl groups is 1. The van der Waals surface area contributed by atoms with Crippen LogP contribution in [0.15, 0.2) is 35.5 Å². The molecule has 0 saturated carbocycles. The third-order valence-electron chi connectivity index (χ3n) is 2.24. The Bertz CT molecular complexity index is 392. The molecule has 0 atom stereocenters. The quantitative estimate of drug-likeness (QED) is 0.753. The summed E-state index contributed by atoms with van der Waals surface area (Å²) in [5.41, 5.74) is 4.03. The van der Waals surface area contributed by atoms with Crippen molar-refractivity contribution in [2.24, 2.45) is 4.99 Å². The summed E-state index contributed by atoms with van der Waals surface area (Å²) >= 11 is 0. The van der Waals surface area contributed by atoms with E-state index in [1.54, 1.807) is 6.20 Å². The van der Waals surface area contributed by atoms with Crippen LogP contribution < -0.4 is 0 Å². The third-order valence-corrected chi connectivity index (χ3v) is 2.24. The number of aryl methyl sites for hydroxylation is 1. The zero-order valence-electron chi connectivity index (χ0n) is 9.49. The molecule has 0 aliphatic heterocycles. The fourth-order valence-corrected chi connectivity index (χ4v) is 1.46. The summed E-state index contributed by atoms with van der Waals surface area (Å²) in [5.74, 6) is 0. The maximum absolute atomic E-state index is 9.24. The first-order valence-electron chi connectivity index (χ1n) is 5.05. The Kier molecular flexibility index (Phi) is 4.25. The Morgan fingerprint density at radius 3 is 2.80 bits per heavy atom. The van der Waals surface area contributed by atoms with Crippen molar-refractivity contribution < 1.29 is 5.11 Å². The van der Waals surface area contributed by atoms with Crippen molar-refractivity contribution in [3.8, 4) is 0 Å². The lowest BCUT2D eigenvalue weighted by molar-refractivity contribution is 0.281. The molecule has 2 nitrogen and oxygen atoms in total. The summed E-state index contributed by atoms with van der Waals surface area (Å²) in [6.07, 6.45) is 3.65. The first-order valence-corrected chi connectivity index (χ1v) is 5.05. The van der Waals surface area contributed by atoms with Gasteiger partial charge in [-0.05, 0) is 26.3 Å². The number of nitrogens with zero attached hydrogens (tertiary/aromatic N) is 1. The second-order valence-electron chi connectivity index (χ2n) is 3.52. The molecule has 0 saturated heterocycles. The second kappa shape index (κ2) is 5.47. The standard InChI is InChI=1S/C13H17NO/c1-4-7-14-11(3)13-6-5-10(2)8-12(13)9-15/h4-8,15H,9H2,1-3H3/b7-4-,14-11+. The molecule has 1 aromatic rings. The number of rotatable bonds is 3. The van der Waals surface area contributed by atoms with E-state index >= 15 is 0 Å². The summed E-state index contributed by atoms with van der Waals surface area (Å²) in [6, 6.07) is 6.02. The molecule has 0 fully saturated rings. The average Bonchev–Trinajstić information content (AvgIpc) is 2.25. The first kappa shape index (κ1) is 11.7. The molecule has 1 N–H and O–H groups in total. The van der Waals surface area contributed by atoms with Crippen LogP contribution in [-0.2, 0) is 6.61 Å². The molecule has 80 valence electrons. The van der Waals surface area contributed by atoms with Crippen molar-refractivity contribution in [1.29, 1.82) is 0 Å². The molecule has 0 aromatic heterocycles. The minimum atomic E-state index is 0.0553. The van der Waals surface area contributed by atoms with Crippen LogP contribution in [0.5, 0.6) is 0 Å². The fraction of sp³-hybridized carbons (Fsp3) is 0.308. The van der Waals surface area contributed by atoms with Crippen LogP contribution in [0.2, 0.25) is 0 Å². The predicted octanol–water partition coefficient (Wildman–Crippen LogP) is 2.83. The molecule has 2 heteroatoms. The molecule has 1 aromatic carbocycles. The zero-order valence-corrected chi connectivity index (χ0v) is 9.49. The molecule has 0 bridgehead atoms. The average molecular weight is 203 g/mol. The number of benzene rings is 1. The van der Waals surface area contributed by atoms with Crippen LogP contribution in [-0.4, -0.2) is 10.8 Å². The highest BCUT2D eigenvalue weighted by molar-refractivity contribution is 6.00. The lowest BCUT2D eigenvalue weighted by Gasteiger charge is -2.07. The summed E-state index contributed by atoms with van der Waals surface area (Å²) < 4.78 is 0. The SMILES string of the molecule is C/C=C\N=C(/C)c1ccc(C)cc1CO. The van der Waals surface area contributed by atoms with Crippen molar-refractivity contribution >= 4 is 5.71 Å². The van der Waals surface area contributed by atoms with Gasteiger partial charge in [-0.15, -0.1) is 0 Å². The highest BCUT2D eigenvalue weighted by Gasteiger charge is 2.03. The van der Waals surface area contributed by atoms with Gasteiger partial charge in [-0.2, -0.15) is 0 Å². The molecule has 0 spiro atoms. The Labute approximate surface area is 91.0 Å². The Morgan fingerprint density at radius 1 is 1.47 bits per heavy atom. The maximum Gasteiger partial charge on any atom is 0.0688 e. The molecule has 0 amide bonds. The smallest absolute Gasteiger partial charge is 0.0688 e. The van der Waals surface area contributed by atoms with E-state index in [1.165, 1.54) is 0 Å². The van der Waals surface area contributed by atoms with E-state index in [4.69, 9.17) is 0 Å². The summed E-state index contributed by atoms with van der Waals surface area (Å²) in [6.45, 7) is 5.95.